The highest BCUT2D eigenvalue weighted by atomic mass is 15.2. The fourth-order valence-electron chi connectivity index (χ4n) is 8.06. The van der Waals surface area contributed by atoms with Crippen molar-refractivity contribution in [3.63, 3.8) is 0 Å². The number of nitrogens with zero attached hydrogens (tertiary/aromatic N) is 2. The molecule has 2 nitrogen and oxygen atoms in total. The Kier molecular flexibility index (Phi) is 7.32. The first-order valence-corrected chi connectivity index (χ1v) is 18.1. The summed E-state index contributed by atoms with van der Waals surface area (Å²) >= 11 is 0. The van der Waals surface area contributed by atoms with Crippen molar-refractivity contribution in [2.24, 2.45) is 0 Å². The SMILES string of the molecule is C1=CC(N(c2ccc(-c3ccccc3)cc2)c2ccc(-n3c4ccccc4c4cc5ccccc5cc43)cc2)CC=C1c1ccc2ccccc2c1. The van der Waals surface area contributed by atoms with Crippen molar-refractivity contribution >= 4 is 60.3 Å². The Hall–Kier alpha value is -6.64. The van der Waals surface area contributed by atoms with Crippen molar-refractivity contribution in [3.8, 4) is 16.8 Å². The van der Waals surface area contributed by atoms with Crippen LogP contribution in [0.15, 0.2) is 200 Å². The zero-order valence-electron chi connectivity index (χ0n) is 28.7. The summed E-state index contributed by atoms with van der Waals surface area (Å²) in [5.74, 6) is 0. The molecular weight excluding hydrogens is 629 g/mol. The molecule has 1 unspecified atom stereocenters. The van der Waals surface area contributed by atoms with Gasteiger partial charge in [0.05, 0.1) is 17.1 Å². The summed E-state index contributed by atoms with van der Waals surface area (Å²) in [5, 5.41) is 7.61. The molecule has 1 aromatic heterocycles. The van der Waals surface area contributed by atoms with Crippen LogP contribution in [0.2, 0.25) is 0 Å². The number of benzene rings is 8. The van der Waals surface area contributed by atoms with Crippen LogP contribution in [0.4, 0.5) is 11.4 Å². The normalized spacial score (nSPS) is 14.3. The topological polar surface area (TPSA) is 8.17 Å². The molecular formula is C50H36N2. The van der Waals surface area contributed by atoms with Gasteiger partial charge in [0.1, 0.15) is 0 Å². The van der Waals surface area contributed by atoms with Crippen molar-refractivity contribution in [1.29, 1.82) is 0 Å². The lowest BCUT2D eigenvalue weighted by Gasteiger charge is -2.33. The number of fused-ring (bicyclic) bond motifs is 5. The van der Waals surface area contributed by atoms with Gasteiger partial charge >= 0.3 is 0 Å². The molecule has 0 fully saturated rings. The Bertz CT molecular complexity index is 2800. The molecule has 52 heavy (non-hydrogen) atoms. The van der Waals surface area contributed by atoms with Crippen LogP contribution in [-0.4, -0.2) is 10.6 Å². The molecule has 8 aromatic carbocycles. The minimum Gasteiger partial charge on any atom is -0.334 e. The second kappa shape index (κ2) is 12.6. The third kappa shape index (κ3) is 5.28. The zero-order chi connectivity index (χ0) is 34.4. The summed E-state index contributed by atoms with van der Waals surface area (Å²) in [6.07, 6.45) is 7.99. The highest BCUT2D eigenvalue weighted by Gasteiger charge is 2.22. The van der Waals surface area contributed by atoms with Gasteiger partial charge in [0.15, 0.2) is 0 Å². The van der Waals surface area contributed by atoms with E-state index < -0.39 is 0 Å². The average molecular weight is 665 g/mol. The van der Waals surface area contributed by atoms with E-state index in [1.807, 2.05) is 0 Å². The molecule has 1 heterocycles. The number of anilines is 2. The Labute approximate surface area is 303 Å². The molecule has 1 aliphatic carbocycles. The third-order valence-electron chi connectivity index (χ3n) is 10.7. The van der Waals surface area contributed by atoms with Crippen molar-refractivity contribution in [2.75, 3.05) is 4.90 Å². The molecule has 0 bridgehead atoms. The van der Waals surface area contributed by atoms with Gasteiger partial charge in [-0.05, 0) is 111 Å². The van der Waals surface area contributed by atoms with E-state index in [4.69, 9.17) is 0 Å². The number of aromatic nitrogens is 1. The highest BCUT2D eigenvalue weighted by Crippen LogP contribution is 2.38. The fourth-order valence-corrected chi connectivity index (χ4v) is 8.06. The fraction of sp³-hybridized carbons (Fsp3) is 0.0400. The number of rotatable bonds is 6. The standard InChI is InChI=1S/C50H36N2/c1-2-10-35(11-3-1)37-20-24-43(25-21-37)51(44-26-22-38(23-27-44)42-19-18-36-12-4-5-13-39(36)32-42)45-28-30-46(31-29-45)52-49-17-9-8-16-47(49)48-33-40-14-6-7-15-41(40)34-50(48)52/h1-26,28-34,44H,27H2. The molecule has 0 saturated heterocycles. The van der Waals surface area contributed by atoms with Crippen LogP contribution < -0.4 is 4.90 Å². The molecule has 0 N–H and O–H groups in total. The van der Waals surface area contributed by atoms with Crippen LogP contribution in [0.25, 0.3) is 65.7 Å². The summed E-state index contributed by atoms with van der Waals surface area (Å²) in [4.78, 5) is 2.49. The molecule has 9 aromatic rings. The zero-order valence-corrected chi connectivity index (χ0v) is 28.7. The summed E-state index contributed by atoms with van der Waals surface area (Å²) in [6, 6.07) is 66.4. The van der Waals surface area contributed by atoms with Crippen molar-refractivity contribution < 1.29 is 0 Å². The van der Waals surface area contributed by atoms with E-state index in [1.165, 1.54) is 77.0 Å². The van der Waals surface area contributed by atoms with E-state index in [9.17, 15) is 0 Å². The molecule has 0 spiro atoms. The van der Waals surface area contributed by atoms with Gasteiger partial charge in [-0.3, -0.25) is 0 Å². The Morgan fingerprint density at radius 3 is 1.77 bits per heavy atom. The minimum atomic E-state index is 0.164. The Morgan fingerprint density at radius 1 is 0.442 bits per heavy atom. The van der Waals surface area contributed by atoms with Gasteiger partial charge in [-0.15, -0.1) is 0 Å². The molecule has 0 amide bonds. The molecule has 1 atom stereocenters. The number of hydrogen-bond donors (Lipinski definition) is 0. The van der Waals surface area contributed by atoms with Gasteiger partial charge in [0.25, 0.3) is 0 Å². The predicted octanol–water partition coefficient (Wildman–Crippen LogP) is 13.3. The van der Waals surface area contributed by atoms with E-state index in [2.05, 4.69) is 210 Å². The summed E-state index contributed by atoms with van der Waals surface area (Å²) in [7, 11) is 0. The molecule has 0 aliphatic heterocycles. The minimum absolute atomic E-state index is 0.164. The average Bonchev–Trinajstić information content (AvgIpc) is 3.54. The van der Waals surface area contributed by atoms with Gasteiger partial charge in [-0.25, -0.2) is 0 Å². The summed E-state index contributed by atoms with van der Waals surface area (Å²) < 4.78 is 2.42. The van der Waals surface area contributed by atoms with E-state index in [1.54, 1.807) is 0 Å². The van der Waals surface area contributed by atoms with Crippen LogP contribution in [0, 0.1) is 0 Å². The van der Waals surface area contributed by atoms with Crippen LogP contribution in [0.5, 0.6) is 0 Å². The lowest BCUT2D eigenvalue weighted by molar-refractivity contribution is 0.787. The smallest absolute Gasteiger partial charge is 0.0560 e. The second-order valence-corrected chi connectivity index (χ2v) is 13.8. The molecule has 1 aliphatic rings. The first-order chi connectivity index (χ1) is 25.8. The van der Waals surface area contributed by atoms with Gasteiger partial charge in [0, 0.05) is 27.8 Å². The van der Waals surface area contributed by atoms with Gasteiger partial charge in [-0.2, -0.15) is 0 Å². The van der Waals surface area contributed by atoms with E-state index in [-0.39, 0.29) is 6.04 Å². The van der Waals surface area contributed by atoms with Gasteiger partial charge in [-0.1, -0.05) is 140 Å². The van der Waals surface area contributed by atoms with Gasteiger partial charge in [0.2, 0.25) is 0 Å². The monoisotopic (exact) mass is 664 g/mol. The Morgan fingerprint density at radius 2 is 1.04 bits per heavy atom. The van der Waals surface area contributed by atoms with Crippen LogP contribution in [0.1, 0.15) is 12.0 Å². The maximum absolute atomic E-state index is 2.49. The molecule has 2 heteroatoms. The van der Waals surface area contributed by atoms with Crippen molar-refractivity contribution in [3.05, 3.63) is 206 Å². The maximum atomic E-state index is 2.49. The first kappa shape index (κ1) is 30.2. The quantitative estimate of drug-likeness (QED) is 0.172. The molecule has 0 saturated carbocycles. The number of para-hydroxylation sites is 1. The van der Waals surface area contributed by atoms with Crippen LogP contribution in [-0.2, 0) is 0 Å². The molecule has 10 rings (SSSR count). The maximum Gasteiger partial charge on any atom is 0.0560 e. The largest absolute Gasteiger partial charge is 0.334 e. The highest BCUT2D eigenvalue weighted by molar-refractivity contribution is 6.13. The third-order valence-corrected chi connectivity index (χ3v) is 10.7. The summed E-state index contributed by atoms with van der Waals surface area (Å²) in [6.45, 7) is 0. The second-order valence-electron chi connectivity index (χ2n) is 13.8. The molecule has 246 valence electrons. The first-order valence-electron chi connectivity index (χ1n) is 18.1. The van der Waals surface area contributed by atoms with E-state index >= 15 is 0 Å². The lowest BCUT2D eigenvalue weighted by atomic mass is 9.94. The van der Waals surface area contributed by atoms with Crippen molar-refractivity contribution in [1.82, 2.24) is 4.57 Å². The molecule has 0 radical (unpaired) electrons. The van der Waals surface area contributed by atoms with Crippen LogP contribution in [0.3, 0.4) is 0 Å². The number of allylic oxidation sites excluding steroid dienone is 2. The Balaban J connectivity index is 1.04. The number of hydrogen-bond acceptors (Lipinski definition) is 1. The summed E-state index contributed by atoms with van der Waals surface area (Å²) in [5.41, 5.74) is 10.9. The van der Waals surface area contributed by atoms with E-state index in [0.29, 0.717) is 0 Å². The van der Waals surface area contributed by atoms with E-state index in [0.717, 1.165) is 12.1 Å². The predicted molar refractivity (Wildman–Crippen MR) is 222 cm³/mol. The van der Waals surface area contributed by atoms with Gasteiger partial charge < -0.3 is 9.47 Å². The van der Waals surface area contributed by atoms with Crippen molar-refractivity contribution in [2.45, 2.75) is 12.5 Å². The van der Waals surface area contributed by atoms with Crippen LogP contribution >= 0.6 is 0 Å². The lowest BCUT2D eigenvalue weighted by Crippen LogP contribution is -2.30.